The molecule has 0 aliphatic heterocycles. The van der Waals surface area contributed by atoms with Crippen molar-refractivity contribution in [2.45, 2.75) is 52.9 Å². The smallest absolute Gasteiger partial charge is 0.147 e. The van der Waals surface area contributed by atoms with Gasteiger partial charge >= 0.3 is 0 Å². The van der Waals surface area contributed by atoms with Gasteiger partial charge in [0.25, 0.3) is 0 Å². The van der Waals surface area contributed by atoms with Crippen LogP contribution in [0.25, 0.3) is 20.4 Å². The third kappa shape index (κ3) is 2.55. The van der Waals surface area contributed by atoms with Crippen molar-refractivity contribution in [2.24, 2.45) is 5.92 Å². The van der Waals surface area contributed by atoms with Crippen molar-refractivity contribution in [3.63, 3.8) is 0 Å². The summed E-state index contributed by atoms with van der Waals surface area (Å²) in [6.45, 7) is 7.58. The zero-order chi connectivity index (χ0) is 16.7. The fourth-order valence-corrected chi connectivity index (χ4v) is 4.79. The van der Waals surface area contributed by atoms with Gasteiger partial charge in [-0.3, -0.25) is 0 Å². The SMILES string of the molecule is CCCc1nc2sc3c(NCC(C)C)ncnc3c2c2c1CCC2. The second-order valence-corrected chi connectivity index (χ2v) is 8.08. The number of nitrogens with zero attached hydrogens (tertiary/aromatic N) is 3. The highest BCUT2D eigenvalue weighted by Crippen LogP contribution is 2.41. The lowest BCUT2D eigenvalue weighted by Gasteiger charge is -2.09. The van der Waals surface area contributed by atoms with Crippen LogP contribution in [0.2, 0.25) is 0 Å². The van der Waals surface area contributed by atoms with Gasteiger partial charge in [-0.15, -0.1) is 11.3 Å². The summed E-state index contributed by atoms with van der Waals surface area (Å²) in [5.74, 6) is 1.54. The zero-order valence-corrected chi connectivity index (χ0v) is 15.5. The number of hydrogen-bond acceptors (Lipinski definition) is 5. The van der Waals surface area contributed by atoms with Gasteiger partial charge in [-0.1, -0.05) is 27.2 Å². The molecule has 3 heterocycles. The molecule has 24 heavy (non-hydrogen) atoms. The van der Waals surface area contributed by atoms with Crippen LogP contribution < -0.4 is 5.32 Å². The molecule has 0 radical (unpaired) electrons. The molecule has 4 rings (SSSR count). The predicted octanol–water partition coefficient (Wildman–Crippen LogP) is 4.75. The Kier molecular flexibility index (Phi) is 4.12. The van der Waals surface area contributed by atoms with Crippen molar-refractivity contribution in [1.29, 1.82) is 0 Å². The van der Waals surface area contributed by atoms with Crippen LogP contribution >= 0.6 is 11.3 Å². The average Bonchev–Trinajstić information content (AvgIpc) is 3.16. The summed E-state index contributed by atoms with van der Waals surface area (Å²) >= 11 is 1.75. The Labute approximate surface area is 146 Å². The lowest BCUT2D eigenvalue weighted by atomic mass is 10.0. The molecular formula is C19H24N4S. The van der Waals surface area contributed by atoms with Crippen molar-refractivity contribution in [2.75, 3.05) is 11.9 Å². The molecule has 0 bridgehead atoms. The van der Waals surface area contributed by atoms with Gasteiger partial charge in [-0.25, -0.2) is 15.0 Å². The van der Waals surface area contributed by atoms with Gasteiger partial charge in [-0.2, -0.15) is 0 Å². The second kappa shape index (κ2) is 6.28. The van der Waals surface area contributed by atoms with Crippen LogP contribution in [0.1, 0.15) is 50.4 Å². The molecule has 0 aromatic carbocycles. The van der Waals surface area contributed by atoms with E-state index < -0.39 is 0 Å². The summed E-state index contributed by atoms with van der Waals surface area (Å²) in [7, 11) is 0. The van der Waals surface area contributed by atoms with Gasteiger partial charge in [-0.05, 0) is 42.7 Å². The van der Waals surface area contributed by atoms with Gasteiger partial charge < -0.3 is 5.32 Å². The highest BCUT2D eigenvalue weighted by Gasteiger charge is 2.23. The fourth-order valence-electron chi connectivity index (χ4n) is 3.65. The first-order chi connectivity index (χ1) is 11.7. The molecule has 1 N–H and O–H groups in total. The summed E-state index contributed by atoms with van der Waals surface area (Å²) in [6.07, 6.45) is 7.50. The van der Waals surface area contributed by atoms with Crippen LogP contribution in [0, 0.1) is 5.92 Å². The van der Waals surface area contributed by atoms with Crippen molar-refractivity contribution in [3.8, 4) is 0 Å². The van der Waals surface area contributed by atoms with Crippen LogP contribution in [0.4, 0.5) is 5.82 Å². The van der Waals surface area contributed by atoms with Crippen LogP contribution in [-0.4, -0.2) is 21.5 Å². The summed E-state index contributed by atoms with van der Waals surface area (Å²) < 4.78 is 1.16. The molecule has 0 spiro atoms. The third-order valence-corrected chi connectivity index (χ3v) is 5.80. The summed E-state index contributed by atoms with van der Waals surface area (Å²) in [6, 6.07) is 0. The van der Waals surface area contributed by atoms with E-state index in [0.717, 1.165) is 46.7 Å². The maximum atomic E-state index is 5.03. The number of nitrogens with one attached hydrogen (secondary N) is 1. The number of hydrogen-bond donors (Lipinski definition) is 1. The predicted molar refractivity (Wildman–Crippen MR) is 102 cm³/mol. The number of rotatable bonds is 5. The van der Waals surface area contributed by atoms with E-state index in [1.807, 2.05) is 0 Å². The van der Waals surface area contributed by atoms with E-state index in [4.69, 9.17) is 4.98 Å². The zero-order valence-electron chi connectivity index (χ0n) is 14.6. The number of aromatic nitrogens is 3. The quantitative estimate of drug-likeness (QED) is 0.728. The minimum atomic E-state index is 0.586. The first kappa shape index (κ1) is 15.8. The molecule has 3 aromatic rings. The monoisotopic (exact) mass is 340 g/mol. The van der Waals surface area contributed by atoms with E-state index in [1.54, 1.807) is 17.7 Å². The molecule has 0 atom stereocenters. The van der Waals surface area contributed by atoms with Gasteiger partial charge in [0.05, 0.1) is 10.2 Å². The Morgan fingerprint density at radius 2 is 2.04 bits per heavy atom. The molecule has 0 saturated heterocycles. The molecule has 0 saturated carbocycles. The van der Waals surface area contributed by atoms with E-state index in [1.165, 1.54) is 35.0 Å². The van der Waals surface area contributed by atoms with Crippen LogP contribution in [0.3, 0.4) is 0 Å². The maximum Gasteiger partial charge on any atom is 0.147 e. The van der Waals surface area contributed by atoms with Crippen LogP contribution in [0.15, 0.2) is 6.33 Å². The summed E-state index contributed by atoms with van der Waals surface area (Å²) in [4.78, 5) is 15.3. The summed E-state index contributed by atoms with van der Waals surface area (Å²) in [5.41, 5.74) is 5.40. The number of thiophene rings is 1. The molecule has 0 fully saturated rings. The largest absolute Gasteiger partial charge is 0.369 e. The molecule has 1 aliphatic carbocycles. The second-order valence-electron chi connectivity index (χ2n) is 7.08. The number of pyridine rings is 1. The number of fused-ring (bicyclic) bond motifs is 5. The molecule has 1 aliphatic rings. The van der Waals surface area contributed by atoms with E-state index in [0.29, 0.717) is 5.92 Å². The lowest BCUT2D eigenvalue weighted by Crippen LogP contribution is -2.09. The molecule has 4 nitrogen and oxygen atoms in total. The van der Waals surface area contributed by atoms with Gasteiger partial charge in [0, 0.05) is 17.6 Å². The molecule has 126 valence electrons. The van der Waals surface area contributed by atoms with E-state index in [2.05, 4.69) is 36.1 Å². The van der Waals surface area contributed by atoms with Crippen molar-refractivity contribution >= 4 is 37.6 Å². The molecule has 0 amide bonds. The first-order valence-electron chi connectivity index (χ1n) is 9.00. The fraction of sp³-hybridized carbons (Fsp3) is 0.526. The highest BCUT2D eigenvalue weighted by molar-refractivity contribution is 7.26. The van der Waals surface area contributed by atoms with Crippen molar-refractivity contribution < 1.29 is 0 Å². The third-order valence-electron chi connectivity index (χ3n) is 4.72. The summed E-state index contributed by atoms with van der Waals surface area (Å²) in [5, 5.41) is 4.78. The van der Waals surface area contributed by atoms with Gasteiger partial charge in [0.15, 0.2) is 0 Å². The van der Waals surface area contributed by atoms with E-state index >= 15 is 0 Å². The normalized spacial score (nSPS) is 14.0. The minimum Gasteiger partial charge on any atom is -0.369 e. The van der Waals surface area contributed by atoms with Crippen molar-refractivity contribution in [3.05, 3.63) is 23.1 Å². The number of anilines is 1. The lowest BCUT2D eigenvalue weighted by molar-refractivity contribution is 0.687. The topological polar surface area (TPSA) is 50.7 Å². The molecular weight excluding hydrogens is 316 g/mol. The average molecular weight is 340 g/mol. The Bertz CT molecular complexity index is 897. The Hall–Kier alpha value is -1.75. The van der Waals surface area contributed by atoms with Crippen LogP contribution in [0.5, 0.6) is 0 Å². The Morgan fingerprint density at radius 3 is 2.83 bits per heavy atom. The minimum absolute atomic E-state index is 0.586. The first-order valence-corrected chi connectivity index (χ1v) is 9.82. The molecule has 3 aromatic heterocycles. The van der Waals surface area contributed by atoms with Crippen molar-refractivity contribution in [1.82, 2.24) is 15.0 Å². The highest BCUT2D eigenvalue weighted by atomic mass is 32.1. The van der Waals surface area contributed by atoms with Gasteiger partial charge in [0.2, 0.25) is 0 Å². The standard InChI is InChI=1S/C19H24N4S/c1-4-6-14-12-7-5-8-13(12)15-16-17(24-19(15)23-14)18(22-10-21-16)20-9-11(2)3/h10-11H,4-9H2,1-3H3,(H,20,21,22). The van der Waals surface area contributed by atoms with Gasteiger partial charge in [0.1, 0.15) is 17.0 Å². The Balaban J connectivity index is 1.93. The van der Waals surface area contributed by atoms with E-state index in [9.17, 15) is 0 Å². The Morgan fingerprint density at radius 1 is 1.21 bits per heavy atom. The number of aryl methyl sites for hydroxylation is 2. The molecule has 0 unspecified atom stereocenters. The van der Waals surface area contributed by atoms with E-state index in [-0.39, 0.29) is 0 Å². The molecule has 5 heteroatoms. The van der Waals surface area contributed by atoms with Crippen LogP contribution in [-0.2, 0) is 19.3 Å². The maximum absolute atomic E-state index is 5.03.